The molecule has 0 saturated carbocycles. The number of nitrogens with one attached hydrogen (secondary N) is 1. The van der Waals surface area contributed by atoms with Crippen molar-refractivity contribution in [3.63, 3.8) is 0 Å². The zero-order valence-electron chi connectivity index (χ0n) is 7.70. The Bertz CT molecular complexity index is 169. The molecule has 1 N–H and O–H groups in total. The van der Waals surface area contributed by atoms with E-state index >= 15 is 0 Å². The van der Waals surface area contributed by atoms with E-state index < -0.39 is 0 Å². The molecule has 0 aromatic carbocycles. The fourth-order valence-electron chi connectivity index (χ4n) is 0.763. The second kappa shape index (κ2) is 7.37. The summed E-state index contributed by atoms with van der Waals surface area (Å²) in [6, 6.07) is 0. The highest BCUT2D eigenvalue weighted by molar-refractivity contribution is 5.10. The summed E-state index contributed by atoms with van der Waals surface area (Å²) in [5.74, 6) is 5.92. The molecule has 0 aliphatic carbocycles. The monoisotopic (exact) mass is 151 g/mol. The lowest BCUT2D eigenvalue weighted by molar-refractivity contribution is 0.803. The van der Waals surface area contributed by atoms with E-state index in [2.05, 4.69) is 30.2 Å². The summed E-state index contributed by atoms with van der Waals surface area (Å²) in [6.45, 7) is 5.05. The predicted octanol–water partition coefficient (Wildman–Crippen LogP) is 1.96. The first-order valence-electron chi connectivity index (χ1n) is 4.01. The molecule has 0 aliphatic heterocycles. The number of hydrogen-bond acceptors (Lipinski definition) is 1. The van der Waals surface area contributed by atoms with Gasteiger partial charge < -0.3 is 5.32 Å². The first-order valence-corrected chi connectivity index (χ1v) is 4.01. The predicted molar refractivity (Wildman–Crippen MR) is 50.4 cm³/mol. The molecule has 0 aliphatic rings. The van der Waals surface area contributed by atoms with Crippen LogP contribution in [0, 0.1) is 11.8 Å². The van der Waals surface area contributed by atoms with E-state index in [9.17, 15) is 0 Å². The van der Waals surface area contributed by atoms with Gasteiger partial charge in [-0.25, -0.2) is 0 Å². The lowest BCUT2D eigenvalue weighted by Crippen LogP contribution is -2.05. The van der Waals surface area contributed by atoms with Gasteiger partial charge in [0.1, 0.15) is 0 Å². The molecule has 0 aromatic rings. The third kappa shape index (κ3) is 7.15. The average Bonchev–Trinajstić information content (AvgIpc) is 2.01. The van der Waals surface area contributed by atoms with Crippen molar-refractivity contribution in [1.29, 1.82) is 0 Å². The van der Waals surface area contributed by atoms with Crippen LogP contribution in [0.4, 0.5) is 0 Å². The maximum atomic E-state index is 3.10. The molecule has 0 radical (unpaired) electrons. The summed E-state index contributed by atoms with van der Waals surface area (Å²) in [5, 5.41) is 3.10. The van der Waals surface area contributed by atoms with Crippen LogP contribution in [0.2, 0.25) is 0 Å². The van der Waals surface area contributed by atoms with Crippen LogP contribution in [0.3, 0.4) is 0 Å². The van der Waals surface area contributed by atoms with Crippen LogP contribution in [0.1, 0.15) is 26.7 Å². The van der Waals surface area contributed by atoms with E-state index in [1.54, 1.807) is 0 Å². The minimum absolute atomic E-state index is 0.917. The molecule has 0 atom stereocenters. The van der Waals surface area contributed by atoms with E-state index in [4.69, 9.17) is 0 Å². The zero-order chi connectivity index (χ0) is 8.53. The van der Waals surface area contributed by atoms with Crippen LogP contribution in [0.15, 0.2) is 11.6 Å². The van der Waals surface area contributed by atoms with Crippen LogP contribution >= 0.6 is 0 Å². The Labute approximate surface area is 69.9 Å². The maximum absolute atomic E-state index is 3.10. The summed E-state index contributed by atoms with van der Waals surface area (Å²) in [7, 11) is 1.97. The Hall–Kier alpha value is -0.740. The molecule has 1 heteroatoms. The molecular weight excluding hydrogens is 134 g/mol. The van der Waals surface area contributed by atoms with Gasteiger partial charge in [0.25, 0.3) is 0 Å². The van der Waals surface area contributed by atoms with Gasteiger partial charge in [-0.3, -0.25) is 0 Å². The molecule has 0 fully saturated rings. The number of hydrogen-bond donors (Lipinski definition) is 1. The summed E-state index contributed by atoms with van der Waals surface area (Å²) >= 11 is 0. The summed E-state index contributed by atoms with van der Waals surface area (Å²) in [4.78, 5) is 0. The third-order valence-electron chi connectivity index (χ3n) is 1.43. The average molecular weight is 151 g/mol. The Kier molecular flexibility index (Phi) is 6.87. The largest absolute Gasteiger partial charge is 0.319 e. The summed E-state index contributed by atoms with van der Waals surface area (Å²) < 4.78 is 0. The van der Waals surface area contributed by atoms with Crippen LogP contribution in [-0.2, 0) is 0 Å². The van der Waals surface area contributed by atoms with E-state index in [0.717, 1.165) is 19.4 Å². The highest BCUT2D eigenvalue weighted by Crippen LogP contribution is 1.98. The highest BCUT2D eigenvalue weighted by atomic mass is 14.8. The second-order valence-electron chi connectivity index (χ2n) is 2.55. The van der Waals surface area contributed by atoms with Crippen LogP contribution in [0.5, 0.6) is 0 Å². The van der Waals surface area contributed by atoms with Gasteiger partial charge in [0.2, 0.25) is 0 Å². The number of rotatable bonds is 4. The molecule has 0 rings (SSSR count). The standard InChI is InChI=1S/C10H17N/c1-4-5-7-10(2)8-6-9-11-3/h8,11H,6-7,9H2,1-3H3. The first-order chi connectivity index (χ1) is 5.31. The van der Waals surface area contributed by atoms with Gasteiger partial charge >= 0.3 is 0 Å². The van der Waals surface area contributed by atoms with Gasteiger partial charge in [-0.1, -0.05) is 17.6 Å². The van der Waals surface area contributed by atoms with Gasteiger partial charge in [-0.05, 0) is 33.9 Å². The van der Waals surface area contributed by atoms with Gasteiger partial charge in [-0.15, -0.1) is 5.92 Å². The highest BCUT2D eigenvalue weighted by Gasteiger charge is 1.84. The van der Waals surface area contributed by atoms with E-state index in [0.29, 0.717) is 0 Å². The van der Waals surface area contributed by atoms with Crippen molar-refractivity contribution < 1.29 is 0 Å². The minimum Gasteiger partial charge on any atom is -0.319 e. The molecule has 1 nitrogen and oxygen atoms in total. The van der Waals surface area contributed by atoms with Crippen molar-refractivity contribution in [2.24, 2.45) is 0 Å². The molecule has 11 heavy (non-hydrogen) atoms. The summed E-state index contributed by atoms with van der Waals surface area (Å²) in [6.07, 6.45) is 4.26. The normalized spacial score (nSPS) is 10.6. The Morgan fingerprint density at radius 2 is 2.27 bits per heavy atom. The van der Waals surface area contributed by atoms with Gasteiger partial charge in [0.05, 0.1) is 0 Å². The Morgan fingerprint density at radius 1 is 1.55 bits per heavy atom. The van der Waals surface area contributed by atoms with E-state index in [1.807, 2.05) is 14.0 Å². The van der Waals surface area contributed by atoms with Crippen LogP contribution < -0.4 is 5.32 Å². The van der Waals surface area contributed by atoms with Crippen molar-refractivity contribution >= 4 is 0 Å². The van der Waals surface area contributed by atoms with Crippen molar-refractivity contribution in [2.45, 2.75) is 26.7 Å². The van der Waals surface area contributed by atoms with Crippen molar-refractivity contribution in [2.75, 3.05) is 13.6 Å². The maximum Gasteiger partial charge on any atom is 0.0296 e. The van der Waals surface area contributed by atoms with Crippen molar-refractivity contribution in [3.05, 3.63) is 11.6 Å². The molecule has 0 amide bonds. The quantitative estimate of drug-likeness (QED) is 0.368. The fraction of sp³-hybridized carbons (Fsp3) is 0.600. The van der Waals surface area contributed by atoms with Crippen molar-refractivity contribution in [3.8, 4) is 11.8 Å². The third-order valence-corrected chi connectivity index (χ3v) is 1.43. The number of allylic oxidation sites excluding steroid dienone is 1. The fourth-order valence-corrected chi connectivity index (χ4v) is 0.763. The molecule has 62 valence electrons. The smallest absolute Gasteiger partial charge is 0.0296 e. The molecule has 0 saturated heterocycles. The molecule has 0 heterocycles. The molecular formula is C10H17N. The second-order valence-corrected chi connectivity index (χ2v) is 2.55. The summed E-state index contributed by atoms with van der Waals surface area (Å²) in [5.41, 5.74) is 1.37. The van der Waals surface area contributed by atoms with Crippen LogP contribution in [0.25, 0.3) is 0 Å². The Balaban J connectivity index is 3.51. The molecule has 0 bridgehead atoms. The first kappa shape index (κ1) is 10.3. The topological polar surface area (TPSA) is 12.0 Å². The van der Waals surface area contributed by atoms with Gasteiger partial charge in [0, 0.05) is 6.42 Å². The van der Waals surface area contributed by atoms with Gasteiger partial charge in [0.15, 0.2) is 0 Å². The van der Waals surface area contributed by atoms with Gasteiger partial charge in [-0.2, -0.15) is 0 Å². The minimum atomic E-state index is 0.917. The molecule has 0 aromatic heterocycles. The zero-order valence-corrected chi connectivity index (χ0v) is 7.70. The molecule has 0 unspecified atom stereocenters. The SMILES string of the molecule is CC#CCC(C)=CCCNC. The van der Waals surface area contributed by atoms with E-state index in [1.165, 1.54) is 5.57 Å². The van der Waals surface area contributed by atoms with Crippen LogP contribution in [-0.4, -0.2) is 13.6 Å². The lowest BCUT2D eigenvalue weighted by atomic mass is 10.2. The lowest BCUT2D eigenvalue weighted by Gasteiger charge is -1.94. The van der Waals surface area contributed by atoms with Crippen molar-refractivity contribution in [1.82, 2.24) is 5.32 Å². The van der Waals surface area contributed by atoms with E-state index in [-0.39, 0.29) is 0 Å². The Morgan fingerprint density at radius 3 is 2.82 bits per heavy atom. The molecule has 0 spiro atoms.